The summed E-state index contributed by atoms with van der Waals surface area (Å²) in [6.45, 7) is 0.630. The highest BCUT2D eigenvalue weighted by molar-refractivity contribution is 4.90. The molecule has 0 aromatic heterocycles. The van der Waals surface area contributed by atoms with Crippen LogP contribution in [0.2, 0.25) is 0 Å². The summed E-state index contributed by atoms with van der Waals surface area (Å²) in [4.78, 5) is 0. The molecule has 0 fully saturated rings. The van der Waals surface area contributed by atoms with E-state index in [9.17, 15) is 30.7 Å². The minimum Gasteiger partial charge on any atom is -0.394 e. The molecule has 0 saturated heterocycles. The van der Waals surface area contributed by atoms with Crippen LogP contribution in [0.1, 0.15) is 25.7 Å². The van der Waals surface area contributed by atoms with Crippen LogP contribution in [0.4, 0.5) is 30.7 Å². The van der Waals surface area contributed by atoms with Crippen LogP contribution < -0.4 is 0 Å². The lowest BCUT2D eigenvalue weighted by molar-refractivity contribution is -0.355. The molecule has 0 aromatic rings. The third-order valence-corrected chi connectivity index (χ3v) is 2.70. The second kappa shape index (κ2) is 9.51. The molecule has 0 aliphatic rings. The lowest BCUT2D eigenvalue weighted by Crippen LogP contribution is -2.51. The van der Waals surface area contributed by atoms with Crippen molar-refractivity contribution in [1.29, 1.82) is 0 Å². The van der Waals surface area contributed by atoms with Gasteiger partial charge in [-0.15, -0.1) is 0 Å². The van der Waals surface area contributed by atoms with Gasteiger partial charge in [0.2, 0.25) is 0 Å². The SMILES string of the molecule is OCCOCCOCCCCCC(F)(F)C(F)(F)C(F)(F)F. The number of hydrogen-bond acceptors (Lipinski definition) is 3. The molecular formula is C12H19F7O3. The quantitative estimate of drug-likeness (QED) is 0.436. The summed E-state index contributed by atoms with van der Waals surface area (Å²) in [5.41, 5.74) is 0. The number of rotatable bonds is 12. The van der Waals surface area contributed by atoms with Gasteiger partial charge in [0, 0.05) is 13.0 Å². The zero-order valence-electron chi connectivity index (χ0n) is 11.8. The van der Waals surface area contributed by atoms with Crippen molar-refractivity contribution < 1.29 is 45.3 Å². The third-order valence-electron chi connectivity index (χ3n) is 2.70. The average molecular weight is 344 g/mol. The monoisotopic (exact) mass is 344 g/mol. The Kier molecular flexibility index (Phi) is 9.25. The van der Waals surface area contributed by atoms with E-state index in [1.165, 1.54) is 0 Å². The molecule has 0 spiro atoms. The minimum absolute atomic E-state index is 0.0427. The summed E-state index contributed by atoms with van der Waals surface area (Å²) in [6.07, 6.45) is -7.98. The Hall–Kier alpha value is -0.610. The summed E-state index contributed by atoms with van der Waals surface area (Å²) in [7, 11) is 0. The molecule has 3 nitrogen and oxygen atoms in total. The highest BCUT2D eigenvalue weighted by Gasteiger charge is 2.72. The highest BCUT2D eigenvalue weighted by Crippen LogP contribution is 2.48. The Bertz CT molecular complexity index is 295. The molecule has 0 aliphatic heterocycles. The van der Waals surface area contributed by atoms with Crippen molar-refractivity contribution >= 4 is 0 Å². The first-order chi connectivity index (χ1) is 10.1. The predicted octanol–water partition coefficient (Wildman–Crippen LogP) is 3.41. The number of ether oxygens (including phenoxy) is 2. The first kappa shape index (κ1) is 21.4. The van der Waals surface area contributed by atoms with Crippen molar-refractivity contribution in [2.45, 2.75) is 43.7 Å². The maximum absolute atomic E-state index is 12.9. The molecule has 0 aliphatic carbocycles. The molecule has 0 bridgehead atoms. The van der Waals surface area contributed by atoms with Gasteiger partial charge in [0.15, 0.2) is 0 Å². The Morgan fingerprint density at radius 1 is 0.682 bits per heavy atom. The number of halogens is 7. The van der Waals surface area contributed by atoms with Gasteiger partial charge in [-0.05, 0) is 12.8 Å². The molecule has 22 heavy (non-hydrogen) atoms. The van der Waals surface area contributed by atoms with Gasteiger partial charge in [0.25, 0.3) is 0 Å². The molecule has 0 heterocycles. The van der Waals surface area contributed by atoms with Gasteiger partial charge in [-0.25, -0.2) is 0 Å². The van der Waals surface area contributed by atoms with E-state index in [2.05, 4.69) is 0 Å². The Morgan fingerprint density at radius 2 is 1.23 bits per heavy atom. The van der Waals surface area contributed by atoms with E-state index in [0.717, 1.165) is 0 Å². The van der Waals surface area contributed by atoms with Crippen LogP contribution in [0.15, 0.2) is 0 Å². The second-order valence-corrected chi connectivity index (χ2v) is 4.54. The second-order valence-electron chi connectivity index (χ2n) is 4.54. The van der Waals surface area contributed by atoms with Gasteiger partial charge in [-0.3, -0.25) is 0 Å². The van der Waals surface area contributed by atoms with Crippen LogP contribution in [0.5, 0.6) is 0 Å². The van der Waals surface area contributed by atoms with Crippen LogP contribution in [-0.4, -0.2) is 56.2 Å². The van der Waals surface area contributed by atoms with Crippen LogP contribution in [-0.2, 0) is 9.47 Å². The molecule has 0 aromatic carbocycles. The van der Waals surface area contributed by atoms with Crippen LogP contribution in [0, 0.1) is 0 Å². The Labute approximate surface area is 123 Å². The van der Waals surface area contributed by atoms with E-state index in [1.54, 1.807) is 0 Å². The summed E-state index contributed by atoms with van der Waals surface area (Å²) >= 11 is 0. The van der Waals surface area contributed by atoms with Gasteiger partial charge < -0.3 is 14.6 Å². The summed E-state index contributed by atoms with van der Waals surface area (Å²) in [6, 6.07) is 0. The zero-order chi connectivity index (χ0) is 17.3. The van der Waals surface area contributed by atoms with Crippen molar-refractivity contribution in [3.05, 3.63) is 0 Å². The van der Waals surface area contributed by atoms with Crippen LogP contribution >= 0.6 is 0 Å². The lowest BCUT2D eigenvalue weighted by Gasteiger charge is -2.28. The predicted molar refractivity (Wildman–Crippen MR) is 63.1 cm³/mol. The fourth-order valence-corrected chi connectivity index (χ4v) is 1.48. The average Bonchev–Trinajstić information content (AvgIpc) is 2.39. The van der Waals surface area contributed by atoms with Crippen molar-refractivity contribution in [2.75, 3.05) is 33.0 Å². The molecule has 0 atom stereocenters. The van der Waals surface area contributed by atoms with E-state index in [0.29, 0.717) is 0 Å². The van der Waals surface area contributed by atoms with Crippen molar-refractivity contribution in [3.8, 4) is 0 Å². The summed E-state index contributed by atoms with van der Waals surface area (Å²) in [5, 5.41) is 8.39. The van der Waals surface area contributed by atoms with E-state index >= 15 is 0 Å². The molecular weight excluding hydrogens is 325 g/mol. The number of alkyl halides is 7. The van der Waals surface area contributed by atoms with E-state index < -0.39 is 30.9 Å². The molecule has 10 heteroatoms. The summed E-state index contributed by atoms with van der Waals surface area (Å²) in [5.74, 6) is -11.1. The fourth-order valence-electron chi connectivity index (χ4n) is 1.48. The van der Waals surface area contributed by atoms with Gasteiger partial charge in [0.05, 0.1) is 26.4 Å². The standard InChI is InChI=1S/C12H19F7O3/c13-10(14,11(15,16)12(17,18)19)4-2-1-3-6-21-8-9-22-7-5-20/h20H,1-9H2. The van der Waals surface area contributed by atoms with Gasteiger partial charge in [-0.2, -0.15) is 30.7 Å². The van der Waals surface area contributed by atoms with Crippen molar-refractivity contribution in [2.24, 2.45) is 0 Å². The molecule has 1 N–H and O–H groups in total. The van der Waals surface area contributed by atoms with Crippen molar-refractivity contribution in [1.82, 2.24) is 0 Å². The third kappa shape index (κ3) is 7.10. The molecule has 0 saturated carbocycles. The van der Waals surface area contributed by atoms with Gasteiger partial charge in [-0.1, -0.05) is 6.42 Å². The first-order valence-electron chi connectivity index (χ1n) is 6.65. The maximum atomic E-state index is 12.9. The lowest BCUT2D eigenvalue weighted by atomic mass is 10.0. The highest BCUT2D eigenvalue weighted by atomic mass is 19.4. The smallest absolute Gasteiger partial charge is 0.394 e. The van der Waals surface area contributed by atoms with Gasteiger partial charge >= 0.3 is 18.0 Å². The van der Waals surface area contributed by atoms with Crippen molar-refractivity contribution in [3.63, 3.8) is 0 Å². The molecule has 0 radical (unpaired) electrons. The molecule has 0 unspecified atom stereocenters. The van der Waals surface area contributed by atoms with Crippen LogP contribution in [0.25, 0.3) is 0 Å². The Balaban J connectivity index is 3.78. The number of aliphatic hydroxyl groups is 1. The Morgan fingerprint density at radius 3 is 1.73 bits per heavy atom. The van der Waals surface area contributed by atoms with E-state index in [4.69, 9.17) is 14.6 Å². The molecule has 0 rings (SSSR count). The number of hydrogen-bond donors (Lipinski definition) is 1. The topological polar surface area (TPSA) is 38.7 Å². The van der Waals surface area contributed by atoms with Crippen LogP contribution in [0.3, 0.4) is 0 Å². The molecule has 134 valence electrons. The zero-order valence-corrected chi connectivity index (χ0v) is 11.8. The minimum atomic E-state index is -6.27. The fraction of sp³-hybridized carbons (Fsp3) is 1.00. The van der Waals surface area contributed by atoms with Gasteiger partial charge in [0.1, 0.15) is 0 Å². The first-order valence-corrected chi connectivity index (χ1v) is 6.65. The molecule has 0 amide bonds. The summed E-state index contributed by atoms with van der Waals surface area (Å²) < 4.78 is 96.4. The van der Waals surface area contributed by atoms with E-state index in [1.807, 2.05) is 0 Å². The largest absolute Gasteiger partial charge is 0.459 e. The normalized spacial score (nSPS) is 13.6. The number of unbranched alkanes of at least 4 members (excludes halogenated alkanes) is 2. The van der Waals surface area contributed by atoms with E-state index in [-0.39, 0.29) is 45.9 Å². The number of aliphatic hydroxyl groups excluding tert-OH is 1. The maximum Gasteiger partial charge on any atom is 0.459 e.